The zero-order valence-electron chi connectivity index (χ0n) is 9.28. The number of pyridine rings is 1. The van der Waals surface area contributed by atoms with E-state index in [4.69, 9.17) is 16.9 Å². The van der Waals surface area contributed by atoms with Crippen LogP contribution in [-0.2, 0) is 0 Å². The average Bonchev–Trinajstić information content (AvgIpc) is 2.29. The molecule has 0 bridgehead atoms. The van der Waals surface area contributed by atoms with Crippen molar-refractivity contribution in [1.29, 1.82) is 5.26 Å². The molecular weight excluding hydrogens is 222 g/mol. The normalized spacial score (nSPS) is 21.7. The fourth-order valence-corrected chi connectivity index (χ4v) is 2.37. The van der Waals surface area contributed by atoms with E-state index in [0.717, 1.165) is 25.2 Å². The van der Waals surface area contributed by atoms with Crippen LogP contribution in [0.1, 0.15) is 30.0 Å². The molecule has 2 heterocycles. The smallest absolute Gasteiger partial charge is 0.147 e. The maximum absolute atomic E-state index is 8.78. The first-order chi connectivity index (χ1) is 7.70. The molecule has 0 aliphatic carbocycles. The molecule has 0 amide bonds. The van der Waals surface area contributed by atoms with Crippen molar-refractivity contribution in [3.8, 4) is 6.07 Å². The Hall–Kier alpha value is -1.11. The lowest BCUT2D eigenvalue weighted by Gasteiger charge is -2.29. The van der Waals surface area contributed by atoms with Crippen molar-refractivity contribution in [1.82, 2.24) is 9.88 Å². The number of aromatic nitrogens is 1. The first-order valence-electron chi connectivity index (χ1n) is 5.46. The van der Waals surface area contributed by atoms with Gasteiger partial charge in [0.05, 0.1) is 5.56 Å². The topological polar surface area (TPSA) is 39.9 Å². The lowest BCUT2D eigenvalue weighted by Crippen LogP contribution is -2.31. The Morgan fingerprint density at radius 2 is 2.38 bits per heavy atom. The number of hydrogen-bond donors (Lipinski definition) is 0. The van der Waals surface area contributed by atoms with Crippen LogP contribution in [0.25, 0.3) is 0 Å². The van der Waals surface area contributed by atoms with Crippen LogP contribution in [0.3, 0.4) is 0 Å². The quantitative estimate of drug-likeness (QED) is 0.702. The monoisotopic (exact) mass is 235 g/mol. The van der Waals surface area contributed by atoms with Gasteiger partial charge in [0.15, 0.2) is 0 Å². The van der Waals surface area contributed by atoms with Gasteiger partial charge in [0.25, 0.3) is 0 Å². The molecule has 0 aromatic carbocycles. The van der Waals surface area contributed by atoms with Gasteiger partial charge in [-0.3, -0.25) is 0 Å². The van der Waals surface area contributed by atoms with Crippen molar-refractivity contribution in [2.45, 2.75) is 18.8 Å². The average molecular weight is 236 g/mol. The van der Waals surface area contributed by atoms with Crippen molar-refractivity contribution in [2.24, 2.45) is 0 Å². The molecule has 0 saturated carbocycles. The number of nitrogens with zero attached hydrogens (tertiary/aromatic N) is 3. The van der Waals surface area contributed by atoms with Crippen LogP contribution in [0.2, 0.25) is 5.15 Å². The van der Waals surface area contributed by atoms with E-state index >= 15 is 0 Å². The van der Waals surface area contributed by atoms with E-state index in [2.05, 4.69) is 16.9 Å². The van der Waals surface area contributed by atoms with Gasteiger partial charge in [-0.15, -0.1) is 0 Å². The van der Waals surface area contributed by atoms with Gasteiger partial charge in [0, 0.05) is 18.2 Å². The molecule has 1 saturated heterocycles. The van der Waals surface area contributed by atoms with Gasteiger partial charge in [-0.2, -0.15) is 5.26 Å². The maximum Gasteiger partial charge on any atom is 0.147 e. The van der Waals surface area contributed by atoms with Crippen molar-refractivity contribution < 1.29 is 0 Å². The lowest BCUT2D eigenvalue weighted by atomic mass is 9.94. The standard InChI is InChI=1S/C12H14ClN3/c1-16-6-2-3-10(8-16)11-5-4-9(7-14)12(13)15-11/h4-5,10H,2-3,6,8H2,1H3. The molecule has 1 aromatic heterocycles. The summed E-state index contributed by atoms with van der Waals surface area (Å²) in [7, 11) is 2.12. The minimum atomic E-state index is 0.327. The van der Waals surface area contributed by atoms with Crippen molar-refractivity contribution in [3.05, 3.63) is 28.5 Å². The second kappa shape index (κ2) is 4.82. The molecular formula is C12H14ClN3. The molecule has 3 nitrogen and oxygen atoms in total. The third kappa shape index (κ3) is 2.34. The van der Waals surface area contributed by atoms with E-state index in [-0.39, 0.29) is 0 Å². The second-order valence-corrected chi connectivity index (χ2v) is 4.65. The molecule has 1 fully saturated rings. The molecule has 0 N–H and O–H groups in total. The van der Waals surface area contributed by atoms with E-state index in [0.29, 0.717) is 16.6 Å². The minimum Gasteiger partial charge on any atom is -0.306 e. The fraction of sp³-hybridized carbons (Fsp3) is 0.500. The zero-order valence-corrected chi connectivity index (χ0v) is 10.0. The third-order valence-electron chi connectivity index (χ3n) is 3.03. The Balaban J connectivity index is 2.21. The number of nitriles is 1. The molecule has 1 aliphatic rings. The number of piperidine rings is 1. The molecule has 1 aliphatic heterocycles. The third-order valence-corrected chi connectivity index (χ3v) is 3.32. The van der Waals surface area contributed by atoms with Crippen LogP contribution in [0.15, 0.2) is 12.1 Å². The molecule has 16 heavy (non-hydrogen) atoms. The van der Waals surface area contributed by atoms with Gasteiger partial charge in [-0.25, -0.2) is 4.98 Å². The maximum atomic E-state index is 8.78. The molecule has 2 rings (SSSR count). The summed E-state index contributed by atoms with van der Waals surface area (Å²) in [4.78, 5) is 6.63. The molecule has 1 atom stereocenters. The van der Waals surface area contributed by atoms with E-state index < -0.39 is 0 Å². The number of hydrogen-bond acceptors (Lipinski definition) is 3. The number of likely N-dealkylation sites (N-methyl/N-ethyl adjacent to an activating group) is 1. The largest absolute Gasteiger partial charge is 0.306 e. The Morgan fingerprint density at radius 1 is 1.56 bits per heavy atom. The molecule has 0 spiro atoms. The van der Waals surface area contributed by atoms with E-state index in [1.165, 1.54) is 6.42 Å². The van der Waals surface area contributed by atoms with E-state index in [1.807, 2.05) is 12.1 Å². The summed E-state index contributed by atoms with van der Waals surface area (Å²) in [5.41, 5.74) is 1.46. The summed E-state index contributed by atoms with van der Waals surface area (Å²) >= 11 is 5.94. The highest BCUT2D eigenvalue weighted by atomic mass is 35.5. The van der Waals surface area contributed by atoms with Gasteiger partial charge < -0.3 is 4.90 Å². The Labute approximate surface area is 101 Å². The van der Waals surface area contributed by atoms with Crippen molar-refractivity contribution in [2.75, 3.05) is 20.1 Å². The van der Waals surface area contributed by atoms with Crippen LogP contribution in [0.5, 0.6) is 0 Å². The predicted molar refractivity (Wildman–Crippen MR) is 63.4 cm³/mol. The summed E-state index contributed by atoms with van der Waals surface area (Å²) in [5.74, 6) is 0.448. The summed E-state index contributed by atoms with van der Waals surface area (Å²) in [6.45, 7) is 2.18. The van der Waals surface area contributed by atoms with Crippen LogP contribution >= 0.6 is 11.6 Å². The molecule has 1 unspecified atom stereocenters. The minimum absolute atomic E-state index is 0.327. The fourth-order valence-electron chi connectivity index (χ4n) is 2.17. The van der Waals surface area contributed by atoms with E-state index in [9.17, 15) is 0 Å². The van der Waals surface area contributed by atoms with Crippen LogP contribution in [0, 0.1) is 11.3 Å². The van der Waals surface area contributed by atoms with Gasteiger partial charge in [0.1, 0.15) is 11.2 Å². The van der Waals surface area contributed by atoms with Crippen LogP contribution in [-0.4, -0.2) is 30.0 Å². The SMILES string of the molecule is CN1CCCC(c2ccc(C#N)c(Cl)n2)C1. The zero-order chi connectivity index (χ0) is 11.5. The van der Waals surface area contributed by atoms with Gasteiger partial charge in [-0.1, -0.05) is 11.6 Å². The first-order valence-corrected chi connectivity index (χ1v) is 5.83. The highest BCUT2D eigenvalue weighted by Gasteiger charge is 2.20. The molecule has 84 valence electrons. The van der Waals surface area contributed by atoms with Crippen LogP contribution in [0.4, 0.5) is 0 Å². The van der Waals surface area contributed by atoms with Crippen molar-refractivity contribution in [3.63, 3.8) is 0 Å². The molecule has 0 radical (unpaired) electrons. The second-order valence-electron chi connectivity index (χ2n) is 4.29. The molecule has 1 aromatic rings. The van der Waals surface area contributed by atoms with Gasteiger partial charge in [0.2, 0.25) is 0 Å². The summed E-state index contributed by atoms with van der Waals surface area (Å²) in [6, 6.07) is 5.72. The van der Waals surface area contributed by atoms with Gasteiger partial charge >= 0.3 is 0 Å². The Morgan fingerprint density at radius 3 is 3.00 bits per heavy atom. The summed E-state index contributed by atoms with van der Waals surface area (Å²) in [6.07, 6.45) is 2.35. The lowest BCUT2D eigenvalue weighted by molar-refractivity contribution is 0.248. The summed E-state index contributed by atoms with van der Waals surface area (Å²) < 4.78 is 0. The number of likely N-dealkylation sites (tertiary alicyclic amines) is 1. The summed E-state index contributed by atoms with van der Waals surface area (Å²) in [5, 5.41) is 9.11. The number of halogens is 1. The predicted octanol–water partition coefficient (Wildman–Crippen LogP) is 2.42. The van der Waals surface area contributed by atoms with E-state index in [1.54, 1.807) is 6.07 Å². The molecule has 4 heteroatoms. The highest BCUT2D eigenvalue weighted by Crippen LogP contribution is 2.26. The van der Waals surface area contributed by atoms with Crippen molar-refractivity contribution >= 4 is 11.6 Å². The Bertz CT molecular complexity index is 425. The highest BCUT2D eigenvalue weighted by molar-refractivity contribution is 6.30. The first kappa shape index (κ1) is 11.4. The number of rotatable bonds is 1. The van der Waals surface area contributed by atoms with Crippen LogP contribution < -0.4 is 0 Å². The van der Waals surface area contributed by atoms with Gasteiger partial charge in [-0.05, 0) is 38.6 Å². The Kier molecular flexibility index (Phi) is 3.42.